The van der Waals surface area contributed by atoms with Gasteiger partial charge in [0, 0.05) is 24.3 Å². The van der Waals surface area contributed by atoms with Crippen molar-refractivity contribution in [3.8, 4) is 0 Å². The zero-order chi connectivity index (χ0) is 26.1. The van der Waals surface area contributed by atoms with Crippen LogP contribution in [0.3, 0.4) is 0 Å². The zero-order valence-electron chi connectivity index (χ0n) is 21.5. The second kappa shape index (κ2) is 13.0. The first-order valence-corrected chi connectivity index (χ1v) is 14.7. The summed E-state index contributed by atoms with van der Waals surface area (Å²) in [6.07, 6.45) is 9.57. The third-order valence-electron chi connectivity index (χ3n) is 7.21. The Kier molecular flexibility index (Phi) is 10.1. The molecule has 1 amide bonds. The molecular weight excluding hydrogens is 472 g/mol. The summed E-state index contributed by atoms with van der Waals surface area (Å²) in [7, 11) is -0.962. The molecule has 0 atom stereocenters. The molecule has 0 aromatic heterocycles. The van der Waals surface area contributed by atoms with Crippen molar-refractivity contribution in [1.29, 1.82) is 5.41 Å². The fourth-order valence-corrected chi connectivity index (χ4v) is 5.46. The molecule has 0 bridgehead atoms. The van der Waals surface area contributed by atoms with Crippen molar-refractivity contribution in [3.05, 3.63) is 65.2 Å². The molecule has 2 aromatic carbocycles. The number of carbonyl (C=O) groups is 1. The van der Waals surface area contributed by atoms with E-state index < -0.39 is 9.84 Å². The normalized spacial score (nSPS) is 17.6. The first-order valence-electron chi connectivity index (χ1n) is 12.8. The number of nitrogens with two attached hydrogens (primary N) is 1. The largest absolute Gasteiger partial charge is 0.384 e. The third kappa shape index (κ3) is 8.45. The SMILES string of the molecule is CN1CCC(C(=O)NCc2ccc(C(=N)N)cc2)CC1.CS(=O)(=O)c1ccc(C2CCCCC2)cc1. The predicted octanol–water partition coefficient (Wildman–Crippen LogP) is 4.07. The summed E-state index contributed by atoms with van der Waals surface area (Å²) in [4.78, 5) is 14.7. The molecule has 196 valence electrons. The number of piperidine rings is 1. The number of nitrogen functional groups attached to an aromatic ring is 1. The van der Waals surface area contributed by atoms with Crippen LogP contribution in [0.25, 0.3) is 0 Å². The van der Waals surface area contributed by atoms with Gasteiger partial charge in [-0.3, -0.25) is 10.2 Å². The number of hydrogen-bond acceptors (Lipinski definition) is 5. The molecular formula is C28H40N4O3S. The van der Waals surface area contributed by atoms with Crippen LogP contribution in [-0.4, -0.2) is 51.5 Å². The van der Waals surface area contributed by atoms with E-state index in [1.807, 2.05) is 24.3 Å². The zero-order valence-corrected chi connectivity index (χ0v) is 22.3. The van der Waals surface area contributed by atoms with Gasteiger partial charge in [-0.2, -0.15) is 0 Å². The average molecular weight is 513 g/mol. The van der Waals surface area contributed by atoms with Crippen LogP contribution >= 0.6 is 0 Å². The molecule has 0 spiro atoms. The van der Waals surface area contributed by atoms with Gasteiger partial charge in [-0.1, -0.05) is 55.7 Å². The second-order valence-corrected chi connectivity index (χ2v) is 12.1. The number of rotatable bonds is 6. The van der Waals surface area contributed by atoms with Gasteiger partial charge in [0.05, 0.1) is 4.90 Å². The van der Waals surface area contributed by atoms with Gasteiger partial charge in [0.1, 0.15) is 5.84 Å². The van der Waals surface area contributed by atoms with E-state index >= 15 is 0 Å². The van der Waals surface area contributed by atoms with Crippen molar-refractivity contribution >= 4 is 21.6 Å². The lowest BCUT2D eigenvalue weighted by atomic mass is 9.84. The number of sulfone groups is 1. The highest BCUT2D eigenvalue weighted by atomic mass is 32.2. The molecule has 1 saturated heterocycles. The van der Waals surface area contributed by atoms with E-state index in [2.05, 4.69) is 17.3 Å². The second-order valence-electron chi connectivity index (χ2n) is 10.1. The number of nitrogens with one attached hydrogen (secondary N) is 2. The Balaban J connectivity index is 0.000000205. The Labute approximate surface area is 215 Å². The van der Waals surface area contributed by atoms with Gasteiger partial charge in [-0.05, 0) is 75.0 Å². The smallest absolute Gasteiger partial charge is 0.223 e. The molecule has 4 rings (SSSR count). The number of hydrogen-bond donors (Lipinski definition) is 3. The Hall–Kier alpha value is -2.71. The summed E-state index contributed by atoms with van der Waals surface area (Å²) in [5, 5.41) is 10.3. The van der Waals surface area contributed by atoms with Gasteiger partial charge < -0.3 is 16.0 Å². The van der Waals surface area contributed by atoms with Crippen molar-refractivity contribution in [3.63, 3.8) is 0 Å². The molecule has 7 nitrogen and oxygen atoms in total. The molecule has 1 aliphatic carbocycles. The topological polar surface area (TPSA) is 116 Å². The summed E-state index contributed by atoms with van der Waals surface area (Å²) in [6, 6.07) is 14.8. The van der Waals surface area contributed by atoms with Crippen molar-refractivity contribution in [1.82, 2.24) is 10.2 Å². The van der Waals surface area contributed by atoms with Gasteiger partial charge in [0.2, 0.25) is 5.91 Å². The molecule has 1 saturated carbocycles. The van der Waals surface area contributed by atoms with E-state index in [9.17, 15) is 13.2 Å². The van der Waals surface area contributed by atoms with E-state index in [-0.39, 0.29) is 17.7 Å². The minimum absolute atomic E-state index is 0.0620. The highest BCUT2D eigenvalue weighted by Gasteiger charge is 2.23. The van der Waals surface area contributed by atoms with E-state index in [0.29, 0.717) is 22.9 Å². The van der Waals surface area contributed by atoms with Gasteiger partial charge in [-0.25, -0.2) is 8.42 Å². The lowest BCUT2D eigenvalue weighted by molar-refractivity contribution is -0.126. The first kappa shape index (κ1) is 27.9. The minimum Gasteiger partial charge on any atom is -0.384 e. The summed E-state index contributed by atoms with van der Waals surface area (Å²) in [5.41, 5.74) is 8.43. The van der Waals surface area contributed by atoms with Crippen molar-refractivity contribution in [2.24, 2.45) is 11.7 Å². The maximum absolute atomic E-state index is 12.1. The summed E-state index contributed by atoms with van der Waals surface area (Å²) in [5.74, 6) is 0.991. The van der Waals surface area contributed by atoms with Crippen LogP contribution in [0.4, 0.5) is 0 Å². The molecule has 8 heteroatoms. The molecule has 0 unspecified atom stereocenters. The fraction of sp³-hybridized carbons (Fsp3) is 0.500. The molecule has 2 aromatic rings. The first-order chi connectivity index (χ1) is 17.1. The summed E-state index contributed by atoms with van der Waals surface area (Å²) >= 11 is 0. The van der Waals surface area contributed by atoms with Crippen LogP contribution < -0.4 is 11.1 Å². The number of nitrogens with zero attached hydrogens (tertiary/aromatic N) is 1. The van der Waals surface area contributed by atoms with Gasteiger partial charge >= 0.3 is 0 Å². The Morgan fingerprint density at radius 1 is 0.972 bits per heavy atom. The van der Waals surface area contributed by atoms with Crippen molar-refractivity contribution < 1.29 is 13.2 Å². The van der Waals surface area contributed by atoms with Gasteiger partial charge in [0.15, 0.2) is 9.84 Å². The van der Waals surface area contributed by atoms with Crippen LogP contribution in [0.15, 0.2) is 53.4 Å². The van der Waals surface area contributed by atoms with Gasteiger partial charge in [-0.15, -0.1) is 0 Å². The Bertz CT molecular complexity index is 1100. The average Bonchev–Trinajstić information content (AvgIpc) is 2.88. The van der Waals surface area contributed by atoms with Crippen LogP contribution in [0.1, 0.15) is 67.6 Å². The van der Waals surface area contributed by atoms with Crippen LogP contribution in [0.5, 0.6) is 0 Å². The number of amidine groups is 1. The molecule has 2 fully saturated rings. The van der Waals surface area contributed by atoms with Crippen molar-refractivity contribution in [2.75, 3.05) is 26.4 Å². The monoisotopic (exact) mass is 512 g/mol. The molecule has 2 aliphatic rings. The van der Waals surface area contributed by atoms with Crippen molar-refractivity contribution in [2.45, 2.75) is 62.3 Å². The molecule has 1 aliphatic heterocycles. The predicted molar refractivity (Wildman–Crippen MR) is 145 cm³/mol. The van der Waals surface area contributed by atoms with E-state index in [1.54, 1.807) is 24.3 Å². The molecule has 1 heterocycles. The number of amides is 1. The van der Waals surface area contributed by atoms with E-state index in [1.165, 1.54) is 43.9 Å². The third-order valence-corrected chi connectivity index (χ3v) is 8.33. The van der Waals surface area contributed by atoms with Crippen LogP contribution in [-0.2, 0) is 21.2 Å². The number of carbonyl (C=O) groups excluding carboxylic acids is 1. The summed E-state index contributed by atoms with van der Waals surface area (Å²) < 4.78 is 22.6. The van der Waals surface area contributed by atoms with Gasteiger partial charge in [0.25, 0.3) is 0 Å². The lowest BCUT2D eigenvalue weighted by Gasteiger charge is -2.28. The summed E-state index contributed by atoms with van der Waals surface area (Å²) in [6.45, 7) is 2.51. The maximum atomic E-state index is 12.1. The number of likely N-dealkylation sites (tertiary alicyclic amines) is 1. The standard InChI is InChI=1S/C15H22N4O.C13H18O2S/c1-19-8-6-13(7-9-19)15(20)18-10-11-2-4-12(5-3-11)14(16)17;1-16(14,15)13-9-7-12(8-10-13)11-5-3-2-4-6-11/h2-5,13H,6-10H2,1H3,(H3,16,17)(H,18,20);7-11H,2-6H2,1H3. The lowest BCUT2D eigenvalue weighted by Crippen LogP contribution is -2.38. The Morgan fingerprint density at radius 2 is 1.56 bits per heavy atom. The quantitative estimate of drug-likeness (QED) is 0.399. The number of benzene rings is 2. The molecule has 4 N–H and O–H groups in total. The minimum atomic E-state index is -3.05. The van der Waals surface area contributed by atoms with Crippen LogP contribution in [0.2, 0.25) is 0 Å². The van der Waals surface area contributed by atoms with Crippen LogP contribution in [0, 0.1) is 11.3 Å². The fourth-order valence-electron chi connectivity index (χ4n) is 4.83. The highest BCUT2D eigenvalue weighted by molar-refractivity contribution is 7.90. The molecule has 0 radical (unpaired) electrons. The Morgan fingerprint density at radius 3 is 2.08 bits per heavy atom. The highest BCUT2D eigenvalue weighted by Crippen LogP contribution is 2.32. The molecule has 36 heavy (non-hydrogen) atoms. The van der Waals surface area contributed by atoms with E-state index in [0.717, 1.165) is 31.5 Å². The maximum Gasteiger partial charge on any atom is 0.223 e. The van der Waals surface area contributed by atoms with E-state index in [4.69, 9.17) is 11.1 Å².